The summed E-state index contributed by atoms with van der Waals surface area (Å²) in [5.74, 6) is 0.464. The van der Waals surface area contributed by atoms with Gasteiger partial charge in [-0.1, -0.05) is 13.8 Å². The predicted molar refractivity (Wildman–Crippen MR) is 105 cm³/mol. The number of hydrogen-bond acceptors (Lipinski definition) is 5. The minimum Gasteiger partial charge on any atom is -0.489 e. The Labute approximate surface area is 186 Å². The molecule has 1 aliphatic heterocycles. The summed E-state index contributed by atoms with van der Waals surface area (Å²) in [6.45, 7) is 4.02. The molecule has 2 atom stereocenters. The number of piperidine rings is 1. The fourth-order valence-corrected chi connectivity index (χ4v) is 3.74. The molecule has 1 aromatic carbocycles. The van der Waals surface area contributed by atoms with Crippen molar-refractivity contribution < 1.29 is 40.7 Å². The highest BCUT2D eigenvalue weighted by Gasteiger charge is 2.58. The van der Waals surface area contributed by atoms with E-state index >= 15 is 0 Å². The minimum absolute atomic E-state index is 0.00595. The summed E-state index contributed by atoms with van der Waals surface area (Å²) in [6.07, 6.45) is -7.40. The van der Waals surface area contributed by atoms with Gasteiger partial charge in [0.1, 0.15) is 6.10 Å². The topological polar surface area (TPSA) is 43.6 Å². The van der Waals surface area contributed by atoms with E-state index in [4.69, 9.17) is 14.3 Å². The van der Waals surface area contributed by atoms with Crippen LogP contribution in [0.5, 0.6) is 17.4 Å². The lowest BCUT2D eigenvalue weighted by atomic mass is 10.2. The van der Waals surface area contributed by atoms with Crippen LogP contribution in [0, 0.1) is 5.92 Å². The highest BCUT2D eigenvalue weighted by atomic mass is 19.4. The average Bonchev–Trinajstić information content (AvgIpc) is 3.15. The Bertz CT molecular complexity index is 966. The van der Waals surface area contributed by atoms with Gasteiger partial charge in [-0.05, 0) is 30.2 Å². The van der Waals surface area contributed by atoms with Crippen LogP contribution < -0.4 is 14.3 Å². The number of fused-ring (bicyclic) bond motifs is 1. The molecule has 0 radical (unpaired) electrons. The number of halogens is 6. The molecule has 1 aromatic heterocycles. The van der Waals surface area contributed by atoms with Crippen LogP contribution in [0.2, 0.25) is 0 Å². The summed E-state index contributed by atoms with van der Waals surface area (Å²) in [5, 5.41) is 1.64. The summed E-state index contributed by atoms with van der Waals surface area (Å²) < 4.78 is 88.7. The molecular formula is C22H22F6N2O3. The van der Waals surface area contributed by atoms with Gasteiger partial charge in [-0.15, -0.1) is 5.06 Å². The van der Waals surface area contributed by atoms with Gasteiger partial charge in [-0.2, -0.15) is 26.3 Å². The zero-order chi connectivity index (χ0) is 24.0. The predicted octanol–water partition coefficient (Wildman–Crippen LogP) is 5.74. The lowest BCUT2D eigenvalue weighted by Crippen LogP contribution is -2.23. The number of hydroxylamine groups is 2. The van der Waals surface area contributed by atoms with E-state index in [0.29, 0.717) is 19.0 Å². The normalized spacial score (nSPS) is 24.5. The largest absolute Gasteiger partial charge is 0.489 e. The fraction of sp³-hybridized carbons (Fsp3) is 0.500. The zero-order valence-corrected chi connectivity index (χ0v) is 17.8. The van der Waals surface area contributed by atoms with Crippen molar-refractivity contribution in [2.24, 2.45) is 5.92 Å². The molecule has 33 heavy (non-hydrogen) atoms. The number of benzene rings is 1. The van der Waals surface area contributed by atoms with Gasteiger partial charge in [0.2, 0.25) is 5.88 Å². The molecule has 2 aliphatic rings. The molecule has 11 heteroatoms. The van der Waals surface area contributed by atoms with E-state index < -0.39 is 23.5 Å². The molecule has 0 N–H and O–H groups in total. The van der Waals surface area contributed by atoms with Crippen LogP contribution in [-0.4, -0.2) is 34.8 Å². The van der Waals surface area contributed by atoms with Crippen molar-refractivity contribution >= 4 is 0 Å². The van der Waals surface area contributed by atoms with Gasteiger partial charge in [0.05, 0.1) is 29.8 Å². The van der Waals surface area contributed by atoms with E-state index in [2.05, 4.69) is 4.98 Å². The van der Waals surface area contributed by atoms with Gasteiger partial charge < -0.3 is 14.3 Å². The third-order valence-electron chi connectivity index (χ3n) is 5.42. The van der Waals surface area contributed by atoms with Crippen molar-refractivity contribution in [2.45, 2.75) is 57.2 Å². The van der Waals surface area contributed by atoms with Crippen molar-refractivity contribution in [3.8, 4) is 17.4 Å². The van der Waals surface area contributed by atoms with E-state index in [1.807, 2.05) is 13.8 Å². The van der Waals surface area contributed by atoms with Crippen LogP contribution >= 0.6 is 0 Å². The summed E-state index contributed by atoms with van der Waals surface area (Å²) >= 11 is 0. The fourth-order valence-electron chi connectivity index (χ4n) is 3.74. The molecule has 2 unspecified atom stereocenters. The van der Waals surface area contributed by atoms with Crippen molar-refractivity contribution in [1.29, 1.82) is 0 Å². The highest BCUT2D eigenvalue weighted by Crippen LogP contribution is 2.45. The van der Waals surface area contributed by atoms with Crippen LogP contribution in [0.1, 0.15) is 37.8 Å². The van der Waals surface area contributed by atoms with Crippen molar-refractivity contribution in [1.82, 2.24) is 10.0 Å². The number of hydrogen-bond donors (Lipinski definition) is 0. The first kappa shape index (κ1) is 23.5. The van der Waals surface area contributed by atoms with E-state index in [1.165, 1.54) is 6.07 Å². The van der Waals surface area contributed by atoms with E-state index in [9.17, 15) is 26.3 Å². The third kappa shape index (κ3) is 5.45. The summed E-state index contributed by atoms with van der Waals surface area (Å²) in [7, 11) is 0. The molecule has 1 saturated carbocycles. The van der Waals surface area contributed by atoms with Crippen molar-refractivity contribution in [2.75, 3.05) is 6.61 Å². The van der Waals surface area contributed by atoms with Crippen LogP contribution in [0.3, 0.4) is 0 Å². The molecule has 4 rings (SSSR count). The Kier molecular flexibility index (Phi) is 6.10. The SMILES string of the molecule is CC(C)COc1cc(C(F)(F)F)ccc1OC1CC2C(C1)N2Oc1ccc(C(F)(F)F)cn1. The summed E-state index contributed by atoms with van der Waals surface area (Å²) in [6, 6.07) is 5.21. The van der Waals surface area contributed by atoms with Crippen LogP contribution in [0.4, 0.5) is 26.3 Å². The van der Waals surface area contributed by atoms with Gasteiger partial charge in [-0.3, -0.25) is 0 Å². The van der Waals surface area contributed by atoms with E-state index in [1.54, 1.807) is 5.06 Å². The van der Waals surface area contributed by atoms with Gasteiger partial charge in [0.15, 0.2) is 11.5 Å². The summed E-state index contributed by atoms with van der Waals surface area (Å²) in [4.78, 5) is 9.24. The molecule has 0 bridgehead atoms. The zero-order valence-electron chi connectivity index (χ0n) is 17.8. The Morgan fingerprint density at radius 3 is 2.12 bits per heavy atom. The third-order valence-corrected chi connectivity index (χ3v) is 5.42. The molecule has 1 aliphatic carbocycles. The van der Waals surface area contributed by atoms with Crippen molar-refractivity contribution in [3.05, 3.63) is 47.7 Å². The number of rotatable bonds is 7. The van der Waals surface area contributed by atoms with Crippen LogP contribution in [-0.2, 0) is 12.4 Å². The first-order valence-corrected chi connectivity index (χ1v) is 10.4. The standard InChI is InChI=1S/C22H22F6N2O3/c1-12(2)11-31-19-7-13(21(23,24)25)3-5-18(19)32-15-8-16-17(9-15)30(16)33-20-6-4-14(10-29-20)22(26,27)28/h3-7,10,12,15-17H,8-9,11H2,1-2H3. The molecule has 2 fully saturated rings. The maximum Gasteiger partial charge on any atom is 0.417 e. The molecular weight excluding hydrogens is 454 g/mol. The molecule has 0 spiro atoms. The lowest BCUT2D eigenvalue weighted by molar-refractivity contribution is -0.138. The molecule has 2 aromatic rings. The number of pyridine rings is 1. The Morgan fingerprint density at radius 2 is 1.58 bits per heavy atom. The van der Waals surface area contributed by atoms with E-state index in [0.717, 1.165) is 24.3 Å². The lowest BCUT2D eigenvalue weighted by Gasteiger charge is -2.21. The number of nitrogens with zero attached hydrogens (tertiary/aromatic N) is 2. The Balaban J connectivity index is 1.35. The Morgan fingerprint density at radius 1 is 0.939 bits per heavy atom. The first-order valence-electron chi connectivity index (χ1n) is 10.4. The average molecular weight is 476 g/mol. The molecule has 0 amide bonds. The van der Waals surface area contributed by atoms with Gasteiger partial charge in [0.25, 0.3) is 0 Å². The van der Waals surface area contributed by atoms with Crippen LogP contribution in [0.25, 0.3) is 0 Å². The quantitative estimate of drug-likeness (QED) is 0.377. The van der Waals surface area contributed by atoms with Gasteiger partial charge >= 0.3 is 12.4 Å². The molecule has 1 saturated heterocycles. The van der Waals surface area contributed by atoms with Crippen LogP contribution in [0.15, 0.2) is 36.5 Å². The van der Waals surface area contributed by atoms with Gasteiger partial charge in [0, 0.05) is 25.1 Å². The van der Waals surface area contributed by atoms with Gasteiger partial charge in [-0.25, -0.2) is 4.98 Å². The second-order valence-electron chi connectivity index (χ2n) is 8.54. The maximum absolute atomic E-state index is 13.1. The number of alkyl halides is 6. The molecule has 180 valence electrons. The minimum atomic E-state index is -4.49. The molecule has 5 nitrogen and oxygen atoms in total. The number of ether oxygens (including phenoxy) is 2. The van der Waals surface area contributed by atoms with E-state index in [-0.39, 0.29) is 48.1 Å². The second kappa shape index (κ2) is 8.58. The second-order valence-corrected chi connectivity index (χ2v) is 8.54. The highest BCUT2D eigenvalue weighted by molar-refractivity contribution is 5.44. The summed E-state index contributed by atoms with van der Waals surface area (Å²) in [5.41, 5.74) is -1.67. The number of aromatic nitrogens is 1. The smallest absolute Gasteiger partial charge is 0.417 e. The monoisotopic (exact) mass is 476 g/mol. The van der Waals surface area contributed by atoms with Crippen molar-refractivity contribution in [3.63, 3.8) is 0 Å². The molecule has 2 heterocycles. The Hall–Kier alpha value is -2.69. The maximum atomic E-state index is 13.1. The first-order chi connectivity index (χ1) is 15.4.